The highest BCUT2D eigenvalue weighted by Crippen LogP contribution is 2.29. The number of rotatable bonds is 6. The fraction of sp³-hybridized carbons (Fsp3) is 0.375. The second kappa shape index (κ2) is 9.99. The van der Waals surface area contributed by atoms with Crippen LogP contribution < -0.4 is 15.5 Å². The minimum Gasteiger partial charge on any atom is -0.362 e. The number of hydrogen-bond acceptors (Lipinski definition) is 5. The Morgan fingerprint density at radius 1 is 1.06 bits per heavy atom. The Morgan fingerprint density at radius 2 is 1.73 bits per heavy atom. The van der Waals surface area contributed by atoms with Crippen molar-refractivity contribution in [3.05, 3.63) is 58.1 Å². The number of fused-ring (bicyclic) bond motifs is 1. The van der Waals surface area contributed by atoms with Gasteiger partial charge in [0.1, 0.15) is 5.82 Å². The number of carbonyl (C=O) groups is 1. The lowest BCUT2D eigenvalue weighted by Gasteiger charge is -2.28. The summed E-state index contributed by atoms with van der Waals surface area (Å²) in [6, 6.07) is 10.2. The fourth-order valence-corrected chi connectivity index (χ4v) is 4.40. The van der Waals surface area contributed by atoms with Crippen LogP contribution in [0.4, 0.5) is 20.5 Å². The van der Waals surface area contributed by atoms with Gasteiger partial charge < -0.3 is 15.5 Å². The zero-order chi connectivity index (χ0) is 23.5. The van der Waals surface area contributed by atoms with E-state index >= 15 is 0 Å². The lowest BCUT2D eigenvalue weighted by atomic mass is 9.85. The Morgan fingerprint density at radius 3 is 2.39 bits per heavy atom. The van der Waals surface area contributed by atoms with E-state index in [-0.39, 0.29) is 17.9 Å². The van der Waals surface area contributed by atoms with Gasteiger partial charge in [0.25, 0.3) is 0 Å². The zero-order valence-corrected chi connectivity index (χ0v) is 20.1. The highest BCUT2D eigenvalue weighted by Gasteiger charge is 2.27. The maximum atomic E-state index is 13.8. The summed E-state index contributed by atoms with van der Waals surface area (Å²) in [6.45, 7) is 0.514. The third kappa shape index (κ3) is 5.58. The van der Waals surface area contributed by atoms with Gasteiger partial charge in [-0.2, -0.15) is 4.98 Å². The Bertz CT molecular complexity index is 1150. The predicted octanol–water partition coefficient (Wildman–Crippen LogP) is 5.02. The van der Waals surface area contributed by atoms with Crippen LogP contribution in [0.1, 0.15) is 31.2 Å². The molecule has 0 aliphatic heterocycles. The Balaban J connectivity index is 1.37. The van der Waals surface area contributed by atoms with Crippen molar-refractivity contribution in [1.29, 1.82) is 0 Å². The van der Waals surface area contributed by atoms with Gasteiger partial charge in [-0.3, -0.25) is 4.79 Å². The van der Waals surface area contributed by atoms with E-state index in [4.69, 9.17) is 0 Å². The third-order valence-corrected chi connectivity index (χ3v) is 6.48. The van der Waals surface area contributed by atoms with Gasteiger partial charge in [-0.05, 0) is 49.4 Å². The van der Waals surface area contributed by atoms with E-state index in [9.17, 15) is 13.6 Å². The van der Waals surface area contributed by atoms with Crippen LogP contribution in [0.2, 0.25) is 0 Å². The monoisotopic (exact) mass is 517 g/mol. The standard InChI is InChI=1S/C24H26BrF2N5O/c1-32(2)22-18-11-19(26)20(27)12-21(18)30-24(31-22)29-17-9-5-15(6-10-17)23(33)28-13-14-3-7-16(25)8-4-14/h3-4,7-8,11-12,15,17H,5-6,9-10,13H2,1-2H3,(H,28,33)(H,29,30,31)/t15-,17+. The molecule has 1 aliphatic rings. The summed E-state index contributed by atoms with van der Waals surface area (Å²) in [5.74, 6) is -0.919. The molecule has 9 heteroatoms. The fourth-order valence-electron chi connectivity index (χ4n) is 4.13. The number of halogens is 3. The quantitative estimate of drug-likeness (QED) is 0.480. The van der Waals surface area contributed by atoms with Gasteiger partial charge in [0.15, 0.2) is 11.6 Å². The van der Waals surface area contributed by atoms with Gasteiger partial charge in [0.05, 0.1) is 5.52 Å². The summed E-state index contributed by atoms with van der Waals surface area (Å²) in [5.41, 5.74) is 1.40. The molecule has 0 spiro atoms. The Labute approximate surface area is 199 Å². The number of nitrogens with one attached hydrogen (secondary N) is 2. The largest absolute Gasteiger partial charge is 0.362 e. The molecular formula is C24H26BrF2N5O. The van der Waals surface area contributed by atoms with Gasteiger partial charge in [-0.15, -0.1) is 0 Å². The SMILES string of the molecule is CN(C)c1nc(N[C@H]2CC[C@@H](C(=O)NCc3ccc(Br)cc3)CC2)nc2cc(F)c(F)cc12. The van der Waals surface area contributed by atoms with Crippen LogP contribution in [-0.2, 0) is 11.3 Å². The lowest BCUT2D eigenvalue weighted by Crippen LogP contribution is -2.35. The summed E-state index contributed by atoms with van der Waals surface area (Å²) in [6.07, 6.45) is 3.12. The second-order valence-corrected chi connectivity index (χ2v) is 9.50. The molecule has 1 heterocycles. The smallest absolute Gasteiger partial charge is 0.225 e. The minimum absolute atomic E-state index is 0.0228. The van der Waals surface area contributed by atoms with Gasteiger partial charge >= 0.3 is 0 Å². The van der Waals surface area contributed by atoms with Gasteiger partial charge in [-0.25, -0.2) is 13.8 Å². The van der Waals surface area contributed by atoms with E-state index in [1.54, 1.807) is 19.0 Å². The Hall–Kier alpha value is -2.81. The number of benzene rings is 2. The molecule has 0 bridgehead atoms. The molecule has 1 aliphatic carbocycles. The molecule has 2 aromatic carbocycles. The zero-order valence-electron chi connectivity index (χ0n) is 18.5. The first-order valence-corrected chi connectivity index (χ1v) is 11.7. The molecule has 1 amide bonds. The normalized spacial score (nSPS) is 18.2. The number of carbonyl (C=O) groups excluding carboxylic acids is 1. The van der Waals surface area contributed by atoms with E-state index < -0.39 is 11.6 Å². The minimum atomic E-state index is -0.938. The third-order valence-electron chi connectivity index (χ3n) is 5.95. The first-order chi connectivity index (χ1) is 15.8. The van der Waals surface area contributed by atoms with Crippen molar-refractivity contribution in [2.45, 2.75) is 38.3 Å². The first kappa shape index (κ1) is 23.4. The van der Waals surface area contributed by atoms with E-state index in [2.05, 4.69) is 36.5 Å². The van der Waals surface area contributed by atoms with Gasteiger partial charge in [0, 0.05) is 48.5 Å². The molecule has 4 rings (SSSR count). The highest BCUT2D eigenvalue weighted by molar-refractivity contribution is 9.10. The first-order valence-electron chi connectivity index (χ1n) is 10.9. The van der Waals surface area contributed by atoms with Crippen molar-refractivity contribution in [2.24, 2.45) is 5.92 Å². The summed E-state index contributed by atoms with van der Waals surface area (Å²) in [7, 11) is 3.59. The number of aromatic nitrogens is 2. The topological polar surface area (TPSA) is 70.2 Å². The van der Waals surface area contributed by atoms with E-state index in [1.165, 1.54) is 0 Å². The van der Waals surface area contributed by atoms with Crippen LogP contribution in [-0.4, -0.2) is 36.0 Å². The van der Waals surface area contributed by atoms with Gasteiger partial charge in [-0.1, -0.05) is 28.1 Å². The lowest BCUT2D eigenvalue weighted by molar-refractivity contribution is -0.126. The van der Waals surface area contributed by atoms with E-state index in [0.29, 0.717) is 29.2 Å². The molecule has 0 unspecified atom stereocenters. The van der Waals surface area contributed by atoms with Crippen molar-refractivity contribution >= 4 is 44.5 Å². The summed E-state index contributed by atoms with van der Waals surface area (Å²) < 4.78 is 28.5. The van der Waals surface area contributed by atoms with Crippen LogP contribution in [0.15, 0.2) is 40.9 Å². The second-order valence-electron chi connectivity index (χ2n) is 8.59. The van der Waals surface area contributed by atoms with Gasteiger partial charge in [0.2, 0.25) is 11.9 Å². The van der Waals surface area contributed by atoms with Crippen molar-refractivity contribution in [3.8, 4) is 0 Å². The molecule has 0 radical (unpaired) electrons. The number of nitrogens with zero attached hydrogens (tertiary/aromatic N) is 3. The number of amides is 1. The molecule has 3 aromatic rings. The maximum Gasteiger partial charge on any atom is 0.225 e. The molecule has 1 fully saturated rings. The van der Waals surface area contributed by atoms with Crippen LogP contribution in [0.25, 0.3) is 10.9 Å². The molecule has 0 atom stereocenters. The average molecular weight is 518 g/mol. The van der Waals surface area contributed by atoms with E-state index in [0.717, 1.165) is 47.9 Å². The van der Waals surface area contributed by atoms with Crippen molar-refractivity contribution < 1.29 is 13.6 Å². The molecule has 33 heavy (non-hydrogen) atoms. The van der Waals surface area contributed by atoms with Crippen LogP contribution in [0.3, 0.4) is 0 Å². The van der Waals surface area contributed by atoms with E-state index in [1.807, 2.05) is 24.3 Å². The van der Waals surface area contributed by atoms with Crippen LogP contribution in [0.5, 0.6) is 0 Å². The highest BCUT2D eigenvalue weighted by atomic mass is 79.9. The van der Waals surface area contributed by atoms with Crippen LogP contribution >= 0.6 is 15.9 Å². The van der Waals surface area contributed by atoms with Crippen LogP contribution in [0, 0.1) is 17.6 Å². The molecule has 0 saturated heterocycles. The maximum absolute atomic E-state index is 13.8. The molecular weight excluding hydrogens is 492 g/mol. The van der Waals surface area contributed by atoms with Crippen molar-refractivity contribution in [3.63, 3.8) is 0 Å². The molecule has 2 N–H and O–H groups in total. The number of anilines is 2. The van der Waals surface area contributed by atoms with Crippen molar-refractivity contribution in [1.82, 2.24) is 15.3 Å². The molecule has 6 nitrogen and oxygen atoms in total. The molecule has 174 valence electrons. The molecule has 1 saturated carbocycles. The molecule has 1 aromatic heterocycles. The summed E-state index contributed by atoms with van der Waals surface area (Å²) in [5, 5.41) is 6.81. The summed E-state index contributed by atoms with van der Waals surface area (Å²) >= 11 is 3.41. The summed E-state index contributed by atoms with van der Waals surface area (Å²) in [4.78, 5) is 23.3. The predicted molar refractivity (Wildman–Crippen MR) is 129 cm³/mol. The number of hydrogen-bond donors (Lipinski definition) is 2. The average Bonchev–Trinajstić information content (AvgIpc) is 2.79. The Kier molecular flexibility index (Phi) is 7.07. The van der Waals surface area contributed by atoms with Crippen molar-refractivity contribution in [2.75, 3.05) is 24.3 Å².